The van der Waals surface area contributed by atoms with E-state index in [1.165, 1.54) is 4.90 Å². The van der Waals surface area contributed by atoms with Crippen molar-refractivity contribution in [3.05, 3.63) is 70.2 Å². The molecule has 1 amide bonds. The molecule has 3 rings (SSSR count). The van der Waals surface area contributed by atoms with E-state index in [0.717, 1.165) is 15.7 Å². The summed E-state index contributed by atoms with van der Waals surface area (Å²) in [7, 11) is 0. The lowest BCUT2D eigenvalue weighted by Gasteiger charge is -2.30. The van der Waals surface area contributed by atoms with Crippen LogP contribution in [0.3, 0.4) is 0 Å². The fraction of sp³-hybridized carbons (Fsp3) is 0.0588. The zero-order valence-corrected chi connectivity index (χ0v) is 12.6. The number of carbonyl (C=O) groups excluding carboxylic acids is 1. The second-order valence-corrected chi connectivity index (χ2v) is 5.59. The minimum Gasteiger partial charge on any atom is -0.288 e. The third kappa shape index (κ3) is 2.48. The van der Waals surface area contributed by atoms with Gasteiger partial charge in [0.2, 0.25) is 0 Å². The molecule has 0 saturated carbocycles. The van der Waals surface area contributed by atoms with Crippen LogP contribution in [0.2, 0.25) is 0 Å². The molecule has 2 aromatic rings. The van der Waals surface area contributed by atoms with Crippen molar-refractivity contribution in [2.75, 3.05) is 4.90 Å². The van der Waals surface area contributed by atoms with Gasteiger partial charge in [0.05, 0.1) is 11.8 Å². The van der Waals surface area contributed by atoms with Crippen molar-refractivity contribution < 1.29 is 4.79 Å². The molecule has 2 aromatic carbocycles. The van der Waals surface area contributed by atoms with Crippen molar-refractivity contribution in [1.29, 1.82) is 5.26 Å². The molecule has 0 aliphatic carbocycles. The highest BCUT2D eigenvalue weighted by molar-refractivity contribution is 9.10. The van der Waals surface area contributed by atoms with Crippen molar-refractivity contribution in [3.63, 3.8) is 0 Å². The molecule has 0 aromatic heterocycles. The van der Waals surface area contributed by atoms with Gasteiger partial charge in [0.15, 0.2) is 0 Å². The number of anilines is 1. The predicted octanol–water partition coefficient (Wildman–Crippen LogP) is 4.01. The Balaban J connectivity index is 2.09. The molecule has 0 N–H and O–H groups in total. The van der Waals surface area contributed by atoms with E-state index >= 15 is 0 Å². The Hall–Kier alpha value is -2.38. The van der Waals surface area contributed by atoms with E-state index in [-0.39, 0.29) is 5.91 Å². The van der Waals surface area contributed by atoms with E-state index in [2.05, 4.69) is 22.0 Å². The van der Waals surface area contributed by atoms with Gasteiger partial charge in [0.1, 0.15) is 6.04 Å². The first-order valence-electron chi connectivity index (χ1n) is 6.46. The van der Waals surface area contributed by atoms with E-state index in [1.54, 1.807) is 18.2 Å². The molecule has 4 heteroatoms. The lowest BCUT2D eigenvalue weighted by Crippen LogP contribution is -2.40. The predicted molar refractivity (Wildman–Crippen MR) is 85.8 cm³/mol. The van der Waals surface area contributed by atoms with Crippen molar-refractivity contribution in [2.24, 2.45) is 0 Å². The van der Waals surface area contributed by atoms with Gasteiger partial charge in [-0.2, -0.15) is 5.26 Å². The molecule has 1 aliphatic rings. The summed E-state index contributed by atoms with van der Waals surface area (Å²) in [5, 5.41) is 9.33. The van der Waals surface area contributed by atoms with Gasteiger partial charge in [0, 0.05) is 10.0 Å². The summed E-state index contributed by atoms with van der Waals surface area (Å²) < 4.78 is 0.836. The number of hydrogen-bond acceptors (Lipinski definition) is 2. The van der Waals surface area contributed by atoms with Gasteiger partial charge < -0.3 is 0 Å². The zero-order chi connectivity index (χ0) is 14.8. The highest BCUT2D eigenvalue weighted by Crippen LogP contribution is 2.30. The fourth-order valence-electron chi connectivity index (χ4n) is 2.38. The Bertz CT molecular complexity index is 776. The van der Waals surface area contributed by atoms with Crippen LogP contribution in [0.15, 0.2) is 59.1 Å². The lowest BCUT2D eigenvalue weighted by molar-refractivity contribution is 0.0985. The van der Waals surface area contributed by atoms with E-state index in [0.29, 0.717) is 5.56 Å². The summed E-state index contributed by atoms with van der Waals surface area (Å²) in [6.07, 6.45) is 3.63. The van der Waals surface area contributed by atoms with Crippen LogP contribution in [-0.4, -0.2) is 11.9 Å². The third-order valence-electron chi connectivity index (χ3n) is 3.36. The van der Waals surface area contributed by atoms with Gasteiger partial charge in [-0.05, 0) is 35.9 Å². The van der Waals surface area contributed by atoms with Crippen LogP contribution < -0.4 is 4.90 Å². The monoisotopic (exact) mass is 338 g/mol. The average Bonchev–Trinajstić information content (AvgIpc) is 2.53. The van der Waals surface area contributed by atoms with Crippen LogP contribution in [0.25, 0.3) is 6.08 Å². The number of fused-ring (bicyclic) bond motifs is 1. The van der Waals surface area contributed by atoms with Crippen molar-refractivity contribution in [2.45, 2.75) is 6.04 Å². The lowest BCUT2D eigenvalue weighted by atomic mass is 10.0. The van der Waals surface area contributed by atoms with Crippen molar-refractivity contribution >= 4 is 33.6 Å². The smallest absolute Gasteiger partial charge is 0.259 e. The molecule has 0 fully saturated rings. The van der Waals surface area contributed by atoms with E-state index in [4.69, 9.17) is 0 Å². The van der Waals surface area contributed by atoms with Gasteiger partial charge in [-0.3, -0.25) is 9.69 Å². The Morgan fingerprint density at radius 1 is 1.19 bits per heavy atom. The van der Waals surface area contributed by atoms with Crippen molar-refractivity contribution in [3.8, 4) is 6.07 Å². The molecule has 1 atom stereocenters. The van der Waals surface area contributed by atoms with Gasteiger partial charge in [0.25, 0.3) is 5.91 Å². The molecule has 1 unspecified atom stereocenters. The standard InChI is InChI=1S/C17H11BrN2O/c18-14-6-3-5-13(10-14)17(21)20-15(11-19)9-8-12-4-1-2-7-16(12)20/h1-10,15H. The molecule has 0 radical (unpaired) electrons. The minimum absolute atomic E-state index is 0.181. The van der Waals surface area contributed by atoms with Gasteiger partial charge in [-0.25, -0.2) is 0 Å². The van der Waals surface area contributed by atoms with Crippen LogP contribution in [0, 0.1) is 11.3 Å². The first kappa shape index (κ1) is 13.6. The number of para-hydroxylation sites is 1. The van der Waals surface area contributed by atoms with Gasteiger partial charge >= 0.3 is 0 Å². The maximum Gasteiger partial charge on any atom is 0.259 e. The SMILES string of the molecule is N#CC1C=Cc2ccccc2N1C(=O)c1cccc(Br)c1. The second kappa shape index (κ2) is 5.55. The number of rotatable bonds is 1. The summed E-state index contributed by atoms with van der Waals surface area (Å²) in [4.78, 5) is 14.3. The first-order chi connectivity index (χ1) is 10.2. The van der Waals surface area contributed by atoms with Crippen LogP contribution in [-0.2, 0) is 0 Å². The quantitative estimate of drug-likeness (QED) is 0.788. The Kier molecular flexibility index (Phi) is 3.59. The largest absolute Gasteiger partial charge is 0.288 e. The summed E-state index contributed by atoms with van der Waals surface area (Å²) in [5.74, 6) is -0.181. The highest BCUT2D eigenvalue weighted by Gasteiger charge is 2.28. The molecule has 0 saturated heterocycles. The number of halogens is 1. The first-order valence-corrected chi connectivity index (χ1v) is 7.26. The number of nitriles is 1. The zero-order valence-electron chi connectivity index (χ0n) is 11.0. The minimum atomic E-state index is -0.591. The maximum atomic E-state index is 12.8. The Labute approximate surface area is 131 Å². The second-order valence-electron chi connectivity index (χ2n) is 4.68. The van der Waals surface area contributed by atoms with Crippen LogP contribution in [0.5, 0.6) is 0 Å². The Morgan fingerprint density at radius 3 is 2.76 bits per heavy atom. The number of amides is 1. The van der Waals surface area contributed by atoms with Gasteiger partial charge in [-0.1, -0.05) is 46.3 Å². The van der Waals surface area contributed by atoms with Crippen LogP contribution >= 0.6 is 15.9 Å². The molecule has 1 heterocycles. The molecule has 102 valence electrons. The molecular weight excluding hydrogens is 328 g/mol. The average molecular weight is 339 g/mol. The number of nitrogens with zero attached hydrogens (tertiary/aromatic N) is 2. The molecule has 3 nitrogen and oxygen atoms in total. The molecule has 0 spiro atoms. The maximum absolute atomic E-state index is 12.8. The summed E-state index contributed by atoms with van der Waals surface area (Å²) in [6.45, 7) is 0. The topological polar surface area (TPSA) is 44.1 Å². The summed E-state index contributed by atoms with van der Waals surface area (Å²) in [6, 6.07) is 16.3. The van der Waals surface area contributed by atoms with E-state index in [9.17, 15) is 10.1 Å². The number of benzene rings is 2. The summed E-state index contributed by atoms with van der Waals surface area (Å²) in [5.41, 5.74) is 2.25. The molecule has 0 bridgehead atoms. The fourth-order valence-corrected chi connectivity index (χ4v) is 2.77. The van der Waals surface area contributed by atoms with Crippen LogP contribution in [0.1, 0.15) is 15.9 Å². The molecule has 21 heavy (non-hydrogen) atoms. The summed E-state index contributed by atoms with van der Waals surface area (Å²) >= 11 is 3.37. The third-order valence-corrected chi connectivity index (χ3v) is 3.85. The van der Waals surface area contributed by atoms with Gasteiger partial charge in [-0.15, -0.1) is 0 Å². The highest BCUT2D eigenvalue weighted by atomic mass is 79.9. The van der Waals surface area contributed by atoms with E-state index < -0.39 is 6.04 Å². The molecular formula is C17H11BrN2O. The van der Waals surface area contributed by atoms with Crippen molar-refractivity contribution in [1.82, 2.24) is 0 Å². The normalized spacial score (nSPS) is 16.2. The van der Waals surface area contributed by atoms with E-state index in [1.807, 2.05) is 42.5 Å². The Morgan fingerprint density at radius 2 is 2.00 bits per heavy atom. The van der Waals surface area contributed by atoms with Crippen LogP contribution in [0.4, 0.5) is 5.69 Å². The molecule has 1 aliphatic heterocycles. The number of hydrogen-bond donors (Lipinski definition) is 0. The number of carbonyl (C=O) groups is 1.